The third kappa shape index (κ3) is 8.96. The number of carbonyl (C=O) groups is 2. The van der Waals surface area contributed by atoms with Crippen LogP contribution in [0.25, 0.3) is 0 Å². The van der Waals surface area contributed by atoms with E-state index in [2.05, 4.69) is 5.32 Å². The molecule has 0 aliphatic rings. The van der Waals surface area contributed by atoms with Gasteiger partial charge in [0.1, 0.15) is 18.3 Å². The molecular weight excluding hydrogens is 562 g/mol. The van der Waals surface area contributed by atoms with Crippen molar-refractivity contribution in [2.24, 2.45) is 0 Å². The largest absolute Gasteiger partial charge is 0.497 e. The van der Waals surface area contributed by atoms with Gasteiger partial charge >= 0.3 is 0 Å². The fourth-order valence-electron chi connectivity index (χ4n) is 4.46. The lowest BCUT2D eigenvalue weighted by Crippen LogP contribution is -2.54. The van der Waals surface area contributed by atoms with Crippen LogP contribution < -0.4 is 14.4 Å². The van der Waals surface area contributed by atoms with Crippen molar-refractivity contribution in [3.8, 4) is 5.75 Å². The molecule has 41 heavy (non-hydrogen) atoms. The highest BCUT2D eigenvalue weighted by Crippen LogP contribution is 2.26. The van der Waals surface area contributed by atoms with Crippen molar-refractivity contribution < 1.29 is 22.7 Å². The first-order valence-corrected chi connectivity index (χ1v) is 15.7. The molecule has 220 valence electrons. The number of halogens is 1. The minimum Gasteiger partial charge on any atom is -0.497 e. The van der Waals surface area contributed by atoms with Crippen LogP contribution in [0.1, 0.15) is 37.0 Å². The van der Waals surface area contributed by atoms with Crippen molar-refractivity contribution in [2.75, 3.05) is 24.2 Å². The molecule has 0 heterocycles. The average Bonchev–Trinajstić information content (AvgIpc) is 2.93. The molecule has 2 atom stereocenters. The minimum absolute atomic E-state index is 0.0681. The molecule has 0 radical (unpaired) electrons. The van der Waals surface area contributed by atoms with E-state index in [1.54, 1.807) is 44.4 Å². The molecular formula is C31H38ClN3O5S. The van der Waals surface area contributed by atoms with Crippen LogP contribution in [-0.2, 0) is 32.6 Å². The summed E-state index contributed by atoms with van der Waals surface area (Å²) in [6.45, 7) is 5.18. The van der Waals surface area contributed by atoms with Gasteiger partial charge in [-0.25, -0.2) is 8.42 Å². The predicted molar refractivity (Wildman–Crippen MR) is 164 cm³/mol. The van der Waals surface area contributed by atoms with Gasteiger partial charge in [-0.1, -0.05) is 61.0 Å². The van der Waals surface area contributed by atoms with E-state index in [1.165, 1.54) is 4.90 Å². The summed E-state index contributed by atoms with van der Waals surface area (Å²) in [7, 11) is -2.32. The second kappa shape index (κ2) is 14.4. The molecule has 0 aliphatic carbocycles. The molecule has 0 saturated carbocycles. The maximum atomic E-state index is 14.2. The van der Waals surface area contributed by atoms with Crippen LogP contribution in [0, 0.1) is 6.92 Å². The molecule has 3 aromatic carbocycles. The van der Waals surface area contributed by atoms with Crippen molar-refractivity contribution in [3.63, 3.8) is 0 Å². The summed E-state index contributed by atoms with van der Waals surface area (Å²) in [5, 5.41) is 3.47. The fraction of sp³-hybridized carbons (Fsp3) is 0.355. The Morgan fingerprint density at radius 3 is 2.29 bits per heavy atom. The Balaban J connectivity index is 2.09. The molecule has 8 nitrogen and oxygen atoms in total. The maximum absolute atomic E-state index is 14.2. The van der Waals surface area contributed by atoms with Crippen LogP contribution in [0.4, 0.5) is 5.69 Å². The molecule has 3 aromatic rings. The summed E-state index contributed by atoms with van der Waals surface area (Å²) in [6.07, 6.45) is 2.01. The molecule has 0 bridgehead atoms. The summed E-state index contributed by atoms with van der Waals surface area (Å²) in [5.41, 5.74) is 2.55. The van der Waals surface area contributed by atoms with Gasteiger partial charge < -0.3 is 15.0 Å². The third-order valence-electron chi connectivity index (χ3n) is 6.87. The highest BCUT2D eigenvalue weighted by Gasteiger charge is 2.33. The van der Waals surface area contributed by atoms with Crippen molar-refractivity contribution in [2.45, 2.75) is 52.2 Å². The van der Waals surface area contributed by atoms with Gasteiger partial charge in [0.2, 0.25) is 21.8 Å². The second-order valence-electron chi connectivity index (χ2n) is 10.1. The summed E-state index contributed by atoms with van der Waals surface area (Å²) < 4.78 is 32.4. The number of benzene rings is 3. The number of nitrogens with zero attached hydrogens (tertiary/aromatic N) is 2. The number of amides is 2. The molecule has 0 unspecified atom stereocenters. The van der Waals surface area contributed by atoms with Gasteiger partial charge in [0.05, 0.1) is 19.1 Å². The van der Waals surface area contributed by atoms with E-state index >= 15 is 0 Å². The van der Waals surface area contributed by atoms with Gasteiger partial charge in [0.15, 0.2) is 0 Å². The van der Waals surface area contributed by atoms with Gasteiger partial charge in [0.25, 0.3) is 0 Å². The first-order chi connectivity index (χ1) is 19.4. The maximum Gasteiger partial charge on any atom is 0.244 e. The van der Waals surface area contributed by atoms with E-state index in [9.17, 15) is 18.0 Å². The zero-order valence-corrected chi connectivity index (χ0v) is 25.7. The summed E-state index contributed by atoms with van der Waals surface area (Å²) in [4.78, 5) is 29.4. The zero-order valence-electron chi connectivity index (χ0n) is 24.1. The van der Waals surface area contributed by atoms with E-state index in [4.69, 9.17) is 16.3 Å². The lowest BCUT2D eigenvalue weighted by molar-refractivity contribution is -0.140. The predicted octanol–water partition coefficient (Wildman–Crippen LogP) is 4.98. The van der Waals surface area contributed by atoms with Crippen LogP contribution in [0.3, 0.4) is 0 Å². The Morgan fingerprint density at radius 1 is 1.00 bits per heavy atom. The number of rotatable bonds is 13. The van der Waals surface area contributed by atoms with Crippen molar-refractivity contribution in [3.05, 3.63) is 94.5 Å². The monoisotopic (exact) mass is 599 g/mol. The highest BCUT2D eigenvalue weighted by molar-refractivity contribution is 7.92. The number of ether oxygens (including phenoxy) is 1. The van der Waals surface area contributed by atoms with E-state index < -0.39 is 28.5 Å². The molecule has 10 heteroatoms. The van der Waals surface area contributed by atoms with Gasteiger partial charge in [-0.3, -0.25) is 13.9 Å². The van der Waals surface area contributed by atoms with Gasteiger partial charge in [0, 0.05) is 24.0 Å². The number of methoxy groups -OCH3 is 1. The Hall–Kier alpha value is -3.56. The number of carbonyl (C=O) groups excluding carboxylic acids is 2. The normalized spacial score (nSPS) is 12.7. The summed E-state index contributed by atoms with van der Waals surface area (Å²) in [5.74, 6) is -0.228. The third-order valence-corrected chi connectivity index (χ3v) is 8.23. The molecule has 0 fully saturated rings. The molecule has 0 spiro atoms. The standard InChI is InChI=1S/C31H38ClN3O5S/c1-6-23(3)33-31(37)29(19-24-11-8-7-9-12-24)34(20-25-13-10-14-27(18-25)40-4)30(36)21-35(41(5,38)39)28-16-15-26(32)17-22(28)2/h7-18,23,29H,6,19-21H2,1-5H3,(H,33,37)/t23-,29-/m1/s1. The first-order valence-electron chi connectivity index (χ1n) is 13.4. The topological polar surface area (TPSA) is 96.0 Å². The quantitative estimate of drug-likeness (QED) is 0.299. The Morgan fingerprint density at radius 2 is 1.68 bits per heavy atom. The number of nitrogens with one attached hydrogen (secondary N) is 1. The number of anilines is 1. The molecule has 3 rings (SSSR count). The van der Waals surface area contributed by atoms with Crippen molar-refractivity contribution in [1.29, 1.82) is 0 Å². The molecule has 2 amide bonds. The molecule has 0 aromatic heterocycles. The van der Waals surface area contributed by atoms with E-state index in [0.29, 0.717) is 28.4 Å². The Bertz CT molecular complexity index is 1450. The second-order valence-corrected chi connectivity index (χ2v) is 12.4. The van der Waals surface area contributed by atoms with Crippen LogP contribution in [0.2, 0.25) is 5.02 Å². The smallest absolute Gasteiger partial charge is 0.244 e. The summed E-state index contributed by atoms with van der Waals surface area (Å²) >= 11 is 6.12. The average molecular weight is 600 g/mol. The zero-order chi connectivity index (χ0) is 30.2. The van der Waals surface area contributed by atoms with Crippen LogP contribution in [0.15, 0.2) is 72.8 Å². The van der Waals surface area contributed by atoms with Gasteiger partial charge in [-0.05, 0) is 67.3 Å². The van der Waals surface area contributed by atoms with E-state index in [-0.39, 0.29) is 24.9 Å². The Kier molecular flexibility index (Phi) is 11.2. The lowest BCUT2D eigenvalue weighted by Gasteiger charge is -2.34. The lowest BCUT2D eigenvalue weighted by atomic mass is 10.0. The SMILES string of the molecule is CC[C@@H](C)NC(=O)[C@@H](Cc1ccccc1)N(Cc1cccc(OC)c1)C(=O)CN(c1ccc(Cl)cc1C)S(C)(=O)=O. The number of hydrogen-bond acceptors (Lipinski definition) is 5. The number of sulfonamides is 1. The molecule has 0 saturated heterocycles. The molecule has 0 aliphatic heterocycles. The highest BCUT2D eigenvalue weighted by atomic mass is 35.5. The number of aryl methyl sites for hydroxylation is 1. The van der Waals surface area contributed by atoms with Crippen LogP contribution >= 0.6 is 11.6 Å². The van der Waals surface area contributed by atoms with Gasteiger partial charge in [-0.15, -0.1) is 0 Å². The first kappa shape index (κ1) is 32.0. The van der Waals surface area contributed by atoms with Crippen LogP contribution in [-0.4, -0.2) is 57.1 Å². The van der Waals surface area contributed by atoms with E-state index in [0.717, 1.165) is 21.7 Å². The van der Waals surface area contributed by atoms with Crippen molar-refractivity contribution >= 4 is 39.1 Å². The van der Waals surface area contributed by atoms with Gasteiger partial charge in [-0.2, -0.15) is 0 Å². The minimum atomic E-state index is -3.87. The number of hydrogen-bond donors (Lipinski definition) is 1. The fourth-order valence-corrected chi connectivity index (χ4v) is 5.59. The Labute approximate surface area is 248 Å². The van der Waals surface area contributed by atoms with Crippen molar-refractivity contribution in [1.82, 2.24) is 10.2 Å². The van der Waals surface area contributed by atoms with E-state index in [1.807, 2.05) is 56.3 Å². The van der Waals surface area contributed by atoms with Crippen LogP contribution in [0.5, 0.6) is 5.75 Å². The summed E-state index contributed by atoms with van der Waals surface area (Å²) in [6, 6.07) is 20.5. The molecule has 1 N–H and O–H groups in total.